The van der Waals surface area contributed by atoms with Crippen molar-refractivity contribution in [1.82, 2.24) is 10.2 Å². The second kappa shape index (κ2) is 6.95. The number of piperidine rings is 1. The number of likely N-dealkylation sites (tertiary alicyclic amines) is 1. The summed E-state index contributed by atoms with van der Waals surface area (Å²) in [5.74, 6) is -0.613. The molecule has 2 N–H and O–H groups in total. The van der Waals surface area contributed by atoms with Crippen LogP contribution in [0.15, 0.2) is 24.3 Å². The molecule has 6 nitrogen and oxygen atoms in total. The molecule has 2 rings (SSSR count). The Balaban J connectivity index is 1.97. The van der Waals surface area contributed by atoms with Gasteiger partial charge in [-0.05, 0) is 19.1 Å². The van der Waals surface area contributed by atoms with Crippen LogP contribution >= 0.6 is 0 Å². The molecule has 0 aliphatic carbocycles. The zero-order chi connectivity index (χ0) is 17.0. The molecular weight excluding hydrogens is 303 g/mol. The van der Waals surface area contributed by atoms with Crippen LogP contribution in [-0.2, 0) is 9.59 Å². The number of benzene rings is 1. The topological polar surface area (TPSA) is 78.9 Å². The summed E-state index contributed by atoms with van der Waals surface area (Å²) < 4.78 is 18.9. The minimum atomic E-state index is -1.27. The Morgan fingerprint density at radius 3 is 2.87 bits per heavy atom. The van der Waals surface area contributed by atoms with Crippen molar-refractivity contribution in [2.45, 2.75) is 32.0 Å². The van der Waals surface area contributed by atoms with Crippen molar-refractivity contribution in [1.29, 1.82) is 0 Å². The van der Waals surface area contributed by atoms with Crippen LogP contribution < -0.4 is 10.1 Å². The van der Waals surface area contributed by atoms with Crippen molar-refractivity contribution in [2.24, 2.45) is 0 Å². The number of ether oxygens (including phenoxy) is 1. The molecule has 1 aliphatic heterocycles. The van der Waals surface area contributed by atoms with Crippen LogP contribution in [-0.4, -0.2) is 53.2 Å². The van der Waals surface area contributed by atoms with Gasteiger partial charge in [-0.1, -0.05) is 6.07 Å². The van der Waals surface area contributed by atoms with Crippen molar-refractivity contribution >= 4 is 11.8 Å². The molecule has 2 atom stereocenters. The molecule has 23 heavy (non-hydrogen) atoms. The number of halogens is 1. The van der Waals surface area contributed by atoms with E-state index in [1.165, 1.54) is 30.0 Å². The molecule has 1 aromatic rings. The first-order valence-corrected chi connectivity index (χ1v) is 7.45. The average molecular weight is 324 g/mol. The number of amides is 2. The number of nitrogens with one attached hydrogen (secondary N) is 1. The van der Waals surface area contributed by atoms with Crippen molar-refractivity contribution in [2.75, 3.05) is 19.6 Å². The minimum Gasteiger partial charge on any atom is -0.487 e. The first-order chi connectivity index (χ1) is 10.8. The lowest BCUT2D eigenvalue weighted by Gasteiger charge is -2.42. The van der Waals surface area contributed by atoms with Gasteiger partial charge in [-0.25, -0.2) is 4.39 Å². The molecule has 0 bridgehead atoms. The first-order valence-electron chi connectivity index (χ1n) is 7.45. The van der Waals surface area contributed by atoms with Gasteiger partial charge in [0.05, 0.1) is 13.1 Å². The lowest BCUT2D eigenvalue weighted by Crippen LogP contribution is -2.59. The maximum Gasteiger partial charge on any atom is 0.242 e. The van der Waals surface area contributed by atoms with Gasteiger partial charge in [-0.2, -0.15) is 0 Å². The molecule has 0 unspecified atom stereocenters. The minimum absolute atomic E-state index is 0.0887. The van der Waals surface area contributed by atoms with E-state index in [0.717, 1.165) is 0 Å². The number of carbonyl (C=O) groups is 2. The molecule has 7 heteroatoms. The zero-order valence-electron chi connectivity index (χ0n) is 13.2. The standard InChI is InChI=1S/C16H21FN2O4/c1-11(20)18-9-15(21)19-7-6-14(16(2,22)10-19)23-13-5-3-4-12(17)8-13/h3-5,8,14,22H,6-7,9-10H2,1-2H3,(H,18,20)/t14-,16-/m0/s1. The van der Waals surface area contributed by atoms with E-state index in [1.807, 2.05) is 0 Å². The lowest BCUT2D eigenvalue weighted by molar-refractivity contribution is -0.145. The van der Waals surface area contributed by atoms with E-state index in [9.17, 15) is 19.1 Å². The highest BCUT2D eigenvalue weighted by atomic mass is 19.1. The van der Waals surface area contributed by atoms with Crippen LogP contribution in [0.5, 0.6) is 5.75 Å². The first kappa shape index (κ1) is 17.2. The van der Waals surface area contributed by atoms with Gasteiger partial charge in [0.2, 0.25) is 11.8 Å². The monoisotopic (exact) mass is 324 g/mol. The Morgan fingerprint density at radius 2 is 2.26 bits per heavy atom. The highest BCUT2D eigenvalue weighted by Crippen LogP contribution is 2.26. The number of carbonyl (C=O) groups excluding carboxylic acids is 2. The van der Waals surface area contributed by atoms with Gasteiger partial charge in [-0.3, -0.25) is 9.59 Å². The van der Waals surface area contributed by atoms with Gasteiger partial charge >= 0.3 is 0 Å². The molecular formula is C16H21FN2O4. The molecule has 0 saturated carbocycles. The van der Waals surface area contributed by atoms with E-state index < -0.39 is 17.5 Å². The Morgan fingerprint density at radius 1 is 1.52 bits per heavy atom. The number of β-amino-alcohol motifs (C(OH)–C–C–N with tert-alkyl or cyclic N) is 1. The van der Waals surface area contributed by atoms with E-state index >= 15 is 0 Å². The number of rotatable bonds is 4. The molecule has 0 radical (unpaired) electrons. The van der Waals surface area contributed by atoms with E-state index in [4.69, 9.17) is 4.74 Å². The van der Waals surface area contributed by atoms with Crippen LogP contribution in [0.3, 0.4) is 0 Å². The molecule has 1 fully saturated rings. The van der Waals surface area contributed by atoms with E-state index in [1.54, 1.807) is 13.0 Å². The van der Waals surface area contributed by atoms with Crippen molar-refractivity contribution in [3.63, 3.8) is 0 Å². The Bertz CT molecular complexity index is 591. The fourth-order valence-corrected chi connectivity index (χ4v) is 2.57. The summed E-state index contributed by atoms with van der Waals surface area (Å²) in [6.07, 6.45) is -0.135. The number of hydrogen-bond acceptors (Lipinski definition) is 4. The molecule has 1 aliphatic rings. The highest BCUT2D eigenvalue weighted by Gasteiger charge is 2.41. The average Bonchev–Trinajstić information content (AvgIpc) is 2.46. The SMILES string of the molecule is CC(=O)NCC(=O)N1CC[C@H](Oc2cccc(F)c2)[C@@](C)(O)C1. The van der Waals surface area contributed by atoms with Crippen LogP contribution in [0.25, 0.3) is 0 Å². The predicted octanol–water partition coefficient (Wildman–Crippen LogP) is 0.692. The summed E-state index contributed by atoms with van der Waals surface area (Å²) in [6.45, 7) is 3.30. The lowest BCUT2D eigenvalue weighted by atomic mass is 9.91. The molecule has 0 spiro atoms. The molecule has 2 amide bonds. The van der Waals surface area contributed by atoms with Crippen LogP contribution in [0, 0.1) is 5.82 Å². The van der Waals surface area contributed by atoms with Gasteiger partial charge in [0, 0.05) is 26.0 Å². The van der Waals surface area contributed by atoms with Crippen molar-refractivity contribution in [3.05, 3.63) is 30.1 Å². The second-order valence-electron chi connectivity index (χ2n) is 5.93. The van der Waals surface area contributed by atoms with Gasteiger partial charge in [0.1, 0.15) is 23.3 Å². The van der Waals surface area contributed by atoms with Crippen molar-refractivity contribution in [3.8, 4) is 5.75 Å². The van der Waals surface area contributed by atoms with E-state index in [2.05, 4.69) is 5.32 Å². The van der Waals surface area contributed by atoms with Crippen molar-refractivity contribution < 1.29 is 23.8 Å². The van der Waals surface area contributed by atoms with Crippen LogP contribution in [0.2, 0.25) is 0 Å². The summed E-state index contributed by atoms with van der Waals surface area (Å²) in [5.41, 5.74) is -1.27. The summed E-state index contributed by atoms with van der Waals surface area (Å²) in [6, 6.07) is 5.72. The summed E-state index contributed by atoms with van der Waals surface area (Å²) in [4.78, 5) is 24.4. The number of hydrogen-bond donors (Lipinski definition) is 2. The maximum atomic E-state index is 13.2. The van der Waals surface area contributed by atoms with Crippen LogP contribution in [0.1, 0.15) is 20.3 Å². The molecule has 126 valence electrons. The molecule has 0 aromatic heterocycles. The smallest absolute Gasteiger partial charge is 0.242 e. The fraction of sp³-hybridized carbons (Fsp3) is 0.500. The number of aliphatic hydroxyl groups is 1. The normalized spacial score (nSPS) is 24.2. The fourth-order valence-electron chi connectivity index (χ4n) is 2.57. The third kappa shape index (κ3) is 4.66. The van der Waals surface area contributed by atoms with E-state index in [-0.39, 0.29) is 24.9 Å². The molecule has 1 heterocycles. The molecule has 1 aromatic carbocycles. The summed E-state index contributed by atoms with van der Waals surface area (Å²) >= 11 is 0. The van der Waals surface area contributed by atoms with Crippen LogP contribution in [0.4, 0.5) is 4.39 Å². The zero-order valence-corrected chi connectivity index (χ0v) is 13.2. The largest absolute Gasteiger partial charge is 0.487 e. The van der Waals surface area contributed by atoms with E-state index in [0.29, 0.717) is 18.7 Å². The third-order valence-corrected chi connectivity index (χ3v) is 3.78. The third-order valence-electron chi connectivity index (χ3n) is 3.78. The van der Waals surface area contributed by atoms with Gasteiger partial charge in [-0.15, -0.1) is 0 Å². The second-order valence-corrected chi connectivity index (χ2v) is 5.93. The Kier molecular flexibility index (Phi) is 5.20. The Labute approximate surface area is 134 Å². The van der Waals surface area contributed by atoms with Gasteiger partial charge in [0.15, 0.2) is 0 Å². The predicted molar refractivity (Wildman–Crippen MR) is 81.3 cm³/mol. The van der Waals surface area contributed by atoms with Gasteiger partial charge in [0.25, 0.3) is 0 Å². The van der Waals surface area contributed by atoms with Gasteiger partial charge < -0.3 is 20.1 Å². The molecule has 1 saturated heterocycles. The number of nitrogens with zero attached hydrogens (tertiary/aromatic N) is 1. The highest BCUT2D eigenvalue weighted by molar-refractivity contribution is 5.83. The maximum absolute atomic E-state index is 13.2. The summed E-state index contributed by atoms with van der Waals surface area (Å²) in [5, 5.41) is 13.0. The Hall–Kier alpha value is -2.15. The quantitative estimate of drug-likeness (QED) is 0.854. The summed E-state index contributed by atoms with van der Waals surface area (Å²) in [7, 11) is 0.